The Hall–Kier alpha value is -2.49. The normalized spacial score (nSPS) is 10.3. The van der Waals surface area contributed by atoms with E-state index in [0.717, 1.165) is 36.2 Å². The minimum absolute atomic E-state index is 0.0814. The maximum absolute atomic E-state index is 7.67. The molecule has 0 heterocycles. The number of hydrogen-bond donors (Lipinski definition) is 4. The Morgan fingerprint density at radius 3 is 2.48 bits per heavy atom. The van der Waals surface area contributed by atoms with Crippen molar-refractivity contribution in [1.82, 2.24) is 0 Å². The van der Waals surface area contributed by atoms with Crippen molar-refractivity contribution in [3.63, 3.8) is 0 Å². The van der Waals surface area contributed by atoms with Gasteiger partial charge in [0, 0.05) is 12.1 Å². The van der Waals surface area contributed by atoms with Gasteiger partial charge in [-0.15, -0.1) is 0 Å². The van der Waals surface area contributed by atoms with E-state index >= 15 is 0 Å². The van der Waals surface area contributed by atoms with Crippen LogP contribution in [0.15, 0.2) is 42.5 Å². The highest BCUT2D eigenvalue weighted by Gasteiger charge is 2.12. The number of rotatable bonds is 6. The van der Waals surface area contributed by atoms with Crippen LogP contribution in [-0.2, 0) is 12.8 Å². The third kappa shape index (κ3) is 3.54. The molecule has 0 spiro atoms. The summed E-state index contributed by atoms with van der Waals surface area (Å²) in [6.45, 7) is 2.84. The summed E-state index contributed by atoms with van der Waals surface area (Å²) in [6, 6.07) is 13.9. The van der Waals surface area contributed by atoms with Crippen LogP contribution in [0.3, 0.4) is 0 Å². The quantitative estimate of drug-likeness (QED) is 0.373. The van der Waals surface area contributed by atoms with E-state index in [0.29, 0.717) is 5.69 Å². The zero-order valence-corrected chi connectivity index (χ0v) is 12.3. The Morgan fingerprint density at radius 2 is 1.86 bits per heavy atom. The number of benzene rings is 2. The third-order valence-corrected chi connectivity index (χ3v) is 3.55. The Labute approximate surface area is 125 Å². The number of amidine groups is 1. The average Bonchev–Trinajstić information content (AvgIpc) is 2.49. The summed E-state index contributed by atoms with van der Waals surface area (Å²) in [7, 11) is 0. The van der Waals surface area contributed by atoms with Crippen molar-refractivity contribution in [3.05, 3.63) is 59.2 Å². The zero-order valence-electron chi connectivity index (χ0n) is 12.3. The molecule has 0 saturated heterocycles. The second-order valence-corrected chi connectivity index (χ2v) is 4.99. The summed E-state index contributed by atoms with van der Waals surface area (Å²) in [4.78, 5) is 0. The molecule has 110 valence electrons. The van der Waals surface area contributed by atoms with Crippen molar-refractivity contribution in [2.45, 2.75) is 19.8 Å². The van der Waals surface area contributed by atoms with Gasteiger partial charge < -0.3 is 16.8 Å². The van der Waals surface area contributed by atoms with Crippen molar-refractivity contribution in [1.29, 1.82) is 5.41 Å². The summed E-state index contributed by atoms with van der Waals surface area (Å²) in [6.07, 6.45) is 1.71. The molecule has 2 aromatic rings. The van der Waals surface area contributed by atoms with Crippen LogP contribution in [0.5, 0.6) is 0 Å². The van der Waals surface area contributed by atoms with Crippen molar-refractivity contribution >= 4 is 17.2 Å². The van der Waals surface area contributed by atoms with Crippen LogP contribution in [0.2, 0.25) is 0 Å². The van der Waals surface area contributed by atoms with Gasteiger partial charge in [-0.1, -0.05) is 37.3 Å². The molecule has 0 fully saturated rings. The molecule has 0 aromatic heterocycles. The van der Waals surface area contributed by atoms with Crippen molar-refractivity contribution in [2.24, 2.45) is 5.73 Å². The molecular formula is C17H22N4. The van der Waals surface area contributed by atoms with Crippen LogP contribution in [-0.4, -0.2) is 12.4 Å². The van der Waals surface area contributed by atoms with E-state index in [1.54, 1.807) is 6.07 Å². The smallest absolute Gasteiger partial charge is 0.123 e. The maximum atomic E-state index is 7.67. The first kappa shape index (κ1) is 14.9. The first-order valence-corrected chi connectivity index (χ1v) is 7.17. The molecule has 4 nitrogen and oxygen atoms in total. The maximum Gasteiger partial charge on any atom is 0.123 e. The first-order valence-electron chi connectivity index (χ1n) is 7.17. The van der Waals surface area contributed by atoms with E-state index in [-0.39, 0.29) is 5.84 Å². The van der Waals surface area contributed by atoms with Crippen LogP contribution in [0.4, 0.5) is 11.4 Å². The molecule has 0 atom stereocenters. The molecule has 21 heavy (non-hydrogen) atoms. The Bertz CT molecular complexity index is 620. The van der Waals surface area contributed by atoms with Crippen LogP contribution in [0.1, 0.15) is 23.6 Å². The van der Waals surface area contributed by atoms with Crippen molar-refractivity contribution in [2.75, 3.05) is 17.6 Å². The van der Waals surface area contributed by atoms with Gasteiger partial charge in [0.05, 0.1) is 11.4 Å². The van der Waals surface area contributed by atoms with Gasteiger partial charge in [-0.05, 0) is 36.1 Å². The van der Waals surface area contributed by atoms with E-state index in [4.69, 9.17) is 16.9 Å². The van der Waals surface area contributed by atoms with Gasteiger partial charge in [-0.3, -0.25) is 5.41 Å². The Balaban J connectivity index is 2.15. The summed E-state index contributed by atoms with van der Waals surface area (Å²) < 4.78 is 0. The highest BCUT2D eigenvalue weighted by molar-refractivity contribution is 5.99. The molecule has 6 N–H and O–H groups in total. The molecule has 0 aliphatic rings. The molecule has 0 bridgehead atoms. The first-order chi connectivity index (χ1) is 10.1. The zero-order chi connectivity index (χ0) is 15.2. The van der Waals surface area contributed by atoms with Gasteiger partial charge >= 0.3 is 0 Å². The van der Waals surface area contributed by atoms with Gasteiger partial charge in [-0.25, -0.2) is 0 Å². The van der Waals surface area contributed by atoms with E-state index < -0.39 is 0 Å². The minimum Gasteiger partial charge on any atom is -0.397 e. The van der Waals surface area contributed by atoms with Crippen LogP contribution < -0.4 is 16.8 Å². The van der Waals surface area contributed by atoms with E-state index in [9.17, 15) is 0 Å². The Kier molecular flexibility index (Phi) is 4.82. The van der Waals surface area contributed by atoms with Crippen molar-refractivity contribution < 1.29 is 0 Å². The lowest BCUT2D eigenvalue weighted by Gasteiger charge is -2.17. The Morgan fingerprint density at radius 1 is 1.14 bits per heavy atom. The molecule has 0 aliphatic carbocycles. The summed E-state index contributed by atoms with van der Waals surface area (Å²) in [5.41, 5.74) is 16.4. The largest absolute Gasteiger partial charge is 0.397 e. The molecule has 2 aromatic carbocycles. The van der Waals surface area contributed by atoms with Crippen LogP contribution in [0, 0.1) is 5.41 Å². The van der Waals surface area contributed by atoms with Gasteiger partial charge in [-0.2, -0.15) is 0 Å². The van der Waals surface area contributed by atoms with Gasteiger partial charge in [0.2, 0.25) is 0 Å². The lowest BCUT2D eigenvalue weighted by molar-refractivity contribution is 1.01. The van der Waals surface area contributed by atoms with Gasteiger partial charge in [0.1, 0.15) is 5.84 Å². The number of nitrogens with one attached hydrogen (secondary N) is 2. The number of nitrogens with two attached hydrogens (primary N) is 2. The summed E-state index contributed by atoms with van der Waals surface area (Å²) in [5, 5.41) is 11.1. The van der Waals surface area contributed by atoms with Crippen LogP contribution >= 0.6 is 0 Å². The SMILES string of the molecule is CCc1c(C(=N)N)ccc(N)c1NCCc1ccccc1. The van der Waals surface area contributed by atoms with E-state index in [2.05, 4.69) is 17.4 Å². The molecular weight excluding hydrogens is 260 g/mol. The average molecular weight is 282 g/mol. The second-order valence-electron chi connectivity index (χ2n) is 4.99. The molecule has 4 heteroatoms. The monoisotopic (exact) mass is 282 g/mol. The fourth-order valence-electron chi connectivity index (χ4n) is 2.47. The molecule has 0 amide bonds. The van der Waals surface area contributed by atoms with Gasteiger partial charge in [0.15, 0.2) is 0 Å². The lowest BCUT2D eigenvalue weighted by atomic mass is 10.0. The molecule has 0 aliphatic heterocycles. The topological polar surface area (TPSA) is 87.9 Å². The van der Waals surface area contributed by atoms with E-state index in [1.807, 2.05) is 31.2 Å². The van der Waals surface area contributed by atoms with Crippen LogP contribution in [0.25, 0.3) is 0 Å². The molecule has 0 unspecified atom stereocenters. The predicted octanol–water partition coefficient (Wildman–Crippen LogP) is 2.77. The van der Waals surface area contributed by atoms with Crippen molar-refractivity contribution in [3.8, 4) is 0 Å². The number of nitrogen functional groups attached to an aromatic ring is 2. The highest BCUT2D eigenvalue weighted by Crippen LogP contribution is 2.27. The predicted molar refractivity (Wildman–Crippen MR) is 89.9 cm³/mol. The third-order valence-electron chi connectivity index (χ3n) is 3.55. The molecule has 0 radical (unpaired) electrons. The van der Waals surface area contributed by atoms with Gasteiger partial charge in [0.25, 0.3) is 0 Å². The number of anilines is 2. The lowest BCUT2D eigenvalue weighted by Crippen LogP contribution is -2.17. The summed E-state index contributed by atoms with van der Waals surface area (Å²) in [5.74, 6) is 0.0814. The standard InChI is InChI=1S/C17H22N4/c1-2-13-14(17(19)20)8-9-15(18)16(13)21-11-10-12-6-4-3-5-7-12/h3-9,21H,2,10-11,18H2,1H3,(H3,19,20). The number of hydrogen-bond acceptors (Lipinski definition) is 3. The molecule has 2 rings (SSSR count). The second kappa shape index (κ2) is 6.79. The fraction of sp³-hybridized carbons (Fsp3) is 0.235. The summed E-state index contributed by atoms with van der Waals surface area (Å²) >= 11 is 0. The highest BCUT2D eigenvalue weighted by atomic mass is 14.9. The minimum atomic E-state index is 0.0814. The van der Waals surface area contributed by atoms with E-state index in [1.165, 1.54) is 5.56 Å². The molecule has 0 saturated carbocycles. The fourth-order valence-corrected chi connectivity index (χ4v) is 2.47.